The van der Waals surface area contributed by atoms with E-state index >= 15 is 0 Å². The Balaban J connectivity index is 1.54. The Morgan fingerprint density at radius 2 is 2.04 bits per heavy atom. The quantitative estimate of drug-likeness (QED) is 0.801. The second-order valence-corrected chi connectivity index (χ2v) is 6.92. The van der Waals surface area contributed by atoms with Crippen LogP contribution in [0.1, 0.15) is 12.0 Å². The van der Waals surface area contributed by atoms with Crippen LogP contribution in [0.2, 0.25) is 0 Å². The third-order valence-corrected chi connectivity index (χ3v) is 4.98. The molecule has 130 valence electrons. The van der Waals surface area contributed by atoms with Gasteiger partial charge in [-0.1, -0.05) is 24.3 Å². The number of amides is 1. The topological polar surface area (TPSA) is 52.6 Å². The first kappa shape index (κ1) is 17.6. The highest BCUT2D eigenvalue weighted by Crippen LogP contribution is 2.24. The fourth-order valence-electron chi connectivity index (χ4n) is 2.90. The summed E-state index contributed by atoms with van der Waals surface area (Å²) < 4.78 is 0. The predicted molar refractivity (Wildman–Crippen MR) is 104 cm³/mol. The maximum absolute atomic E-state index is 12.3. The van der Waals surface area contributed by atoms with E-state index in [0.29, 0.717) is 6.54 Å². The molecular formula is C20H22N2O2S. The van der Waals surface area contributed by atoms with E-state index < -0.39 is 0 Å². The summed E-state index contributed by atoms with van der Waals surface area (Å²) in [5.41, 5.74) is 3.24. The number of nitrogens with one attached hydrogen (secondary N) is 1. The van der Waals surface area contributed by atoms with Crippen LogP contribution in [0.5, 0.6) is 5.75 Å². The molecule has 2 N–H and O–H groups in total. The maximum Gasteiger partial charge on any atom is 0.238 e. The summed E-state index contributed by atoms with van der Waals surface area (Å²) in [6.45, 7) is 2.00. The number of thioether (sulfide) groups is 1. The predicted octanol–water partition coefficient (Wildman–Crippen LogP) is 3.84. The minimum atomic E-state index is 0.0136. The Labute approximate surface area is 152 Å². The number of hydrogen-bond acceptors (Lipinski definition) is 4. The molecule has 25 heavy (non-hydrogen) atoms. The van der Waals surface area contributed by atoms with Gasteiger partial charge in [-0.2, -0.15) is 0 Å². The minimum absolute atomic E-state index is 0.0136. The Hall–Kier alpha value is -2.24. The number of rotatable bonds is 5. The van der Waals surface area contributed by atoms with Crippen molar-refractivity contribution in [3.05, 3.63) is 60.2 Å². The van der Waals surface area contributed by atoms with Crippen molar-refractivity contribution in [3.8, 4) is 5.75 Å². The van der Waals surface area contributed by atoms with Crippen LogP contribution >= 0.6 is 11.8 Å². The average molecular weight is 354 g/mol. The van der Waals surface area contributed by atoms with Crippen LogP contribution in [0.25, 0.3) is 5.57 Å². The van der Waals surface area contributed by atoms with Crippen molar-refractivity contribution in [2.75, 3.05) is 31.2 Å². The van der Waals surface area contributed by atoms with Gasteiger partial charge in [0.25, 0.3) is 0 Å². The van der Waals surface area contributed by atoms with Crippen LogP contribution < -0.4 is 5.32 Å². The van der Waals surface area contributed by atoms with Crippen LogP contribution in [0.3, 0.4) is 0 Å². The highest BCUT2D eigenvalue weighted by atomic mass is 32.2. The number of carbonyl (C=O) groups excluding carboxylic acids is 1. The first-order valence-corrected chi connectivity index (χ1v) is 9.51. The highest BCUT2D eigenvalue weighted by molar-refractivity contribution is 7.98. The first-order chi connectivity index (χ1) is 12.1. The number of carbonyl (C=O) groups is 1. The van der Waals surface area contributed by atoms with Gasteiger partial charge in [0, 0.05) is 23.7 Å². The monoisotopic (exact) mass is 354 g/mol. The molecule has 0 radical (unpaired) electrons. The van der Waals surface area contributed by atoms with Gasteiger partial charge in [0.2, 0.25) is 5.91 Å². The van der Waals surface area contributed by atoms with Gasteiger partial charge in [-0.25, -0.2) is 0 Å². The zero-order valence-electron chi connectivity index (χ0n) is 14.2. The second-order valence-electron chi connectivity index (χ2n) is 6.04. The molecule has 1 aliphatic rings. The molecule has 4 nitrogen and oxygen atoms in total. The lowest BCUT2D eigenvalue weighted by Crippen LogP contribution is -2.36. The van der Waals surface area contributed by atoms with Crippen molar-refractivity contribution in [2.45, 2.75) is 11.3 Å². The van der Waals surface area contributed by atoms with Crippen molar-refractivity contribution in [3.63, 3.8) is 0 Å². The molecule has 3 rings (SSSR count). The van der Waals surface area contributed by atoms with Gasteiger partial charge in [0.15, 0.2) is 0 Å². The molecule has 5 heteroatoms. The lowest BCUT2D eigenvalue weighted by Gasteiger charge is -2.26. The number of phenols is 1. The van der Waals surface area contributed by atoms with E-state index in [1.165, 1.54) is 5.57 Å². The average Bonchev–Trinajstić information content (AvgIpc) is 2.63. The van der Waals surface area contributed by atoms with Crippen LogP contribution in [0, 0.1) is 0 Å². The molecule has 2 aromatic rings. The SMILES string of the molecule is CSc1cccc(NC(=O)CN2CC=C(c3ccc(O)cc3)CC2)c1. The normalized spacial score (nSPS) is 14.8. The molecule has 2 aromatic carbocycles. The number of anilines is 1. The molecule has 1 aliphatic heterocycles. The van der Waals surface area contributed by atoms with Gasteiger partial charge in [-0.05, 0) is 54.1 Å². The summed E-state index contributed by atoms with van der Waals surface area (Å²) in [4.78, 5) is 15.5. The molecule has 1 amide bonds. The van der Waals surface area contributed by atoms with Crippen molar-refractivity contribution in [2.24, 2.45) is 0 Å². The maximum atomic E-state index is 12.3. The van der Waals surface area contributed by atoms with Crippen molar-refractivity contribution < 1.29 is 9.90 Å². The number of aromatic hydroxyl groups is 1. The van der Waals surface area contributed by atoms with E-state index in [2.05, 4.69) is 16.3 Å². The molecule has 0 spiro atoms. The molecule has 0 fully saturated rings. The molecule has 0 aliphatic carbocycles. The smallest absolute Gasteiger partial charge is 0.238 e. The van der Waals surface area contributed by atoms with Gasteiger partial charge >= 0.3 is 0 Å². The fraction of sp³-hybridized carbons (Fsp3) is 0.250. The van der Waals surface area contributed by atoms with Gasteiger partial charge in [0.1, 0.15) is 5.75 Å². The van der Waals surface area contributed by atoms with E-state index in [1.807, 2.05) is 42.7 Å². The Bertz CT molecular complexity index is 772. The summed E-state index contributed by atoms with van der Waals surface area (Å²) in [7, 11) is 0. The molecule has 0 aromatic heterocycles. The Kier molecular flexibility index (Phi) is 5.79. The minimum Gasteiger partial charge on any atom is -0.508 e. The molecule has 0 saturated heterocycles. The molecule has 0 saturated carbocycles. The van der Waals surface area contributed by atoms with Crippen LogP contribution in [0.4, 0.5) is 5.69 Å². The van der Waals surface area contributed by atoms with Gasteiger partial charge < -0.3 is 10.4 Å². The number of hydrogen-bond donors (Lipinski definition) is 2. The summed E-state index contributed by atoms with van der Waals surface area (Å²) in [5.74, 6) is 0.295. The van der Waals surface area contributed by atoms with Gasteiger partial charge in [-0.15, -0.1) is 11.8 Å². The van der Waals surface area contributed by atoms with Crippen LogP contribution in [0.15, 0.2) is 59.5 Å². The van der Waals surface area contributed by atoms with E-state index in [-0.39, 0.29) is 11.7 Å². The molecule has 1 heterocycles. The Morgan fingerprint density at radius 1 is 1.24 bits per heavy atom. The van der Waals surface area contributed by atoms with Gasteiger partial charge in [0.05, 0.1) is 6.54 Å². The highest BCUT2D eigenvalue weighted by Gasteiger charge is 2.16. The molecular weight excluding hydrogens is 332 g/mol. The zero-order valence-corrected chi connectivity index (χ0v) is 15.1. The molecule has 0 unspecified atom stereocenters. The van der Waals surface area contributed by atoms with Crippen molar-refractivity contribution >= 4 is 28.9 Å². The largest absolute Gasteiger partial charge is 0.508 e. The Morgan fingerprint density at radius 3 is 2.72 bits per heavy atom. The number of phenolic OH excluding ortho intramolecular Hbond substituents is 1. The van der Waals surface area contributed by atoms with Crippen molar-refractivity contribution in [1.29, 1.82) is 0 Å². The summed E-state index contributed by atoms with van der Waals surface area (Å²) in [6, 6.07) is 15.2. The van der Waals surface area contributed by atoms with E-state index in [4.69, 9.17) is 0 Å². The van der Waals surface area contributed by atoms with E-state index in [1.54, 1.807) is 23.9 Å². The van der Waals surface area contributed by atoms with Crippen LogP contribution in [-0.4, -0.2) is 41.8 Å². The number of benzene rings is 2. The van der Waals surface area contributed by atoms with E-state index in [9.17, 15) is 9.90 Å². The summed E-state index contributed by atoms with van der Waals surface area (Å²) in [5, 5.41) is 12.3. The lowest BCUT2D eigenvalue weighted by atomic mass is 9.99. The van der Waals surface area contributed by atoms with Crippen molar-refractivity contribution in [1.82, 2.24) is 4.90 Å². The summed E-state index contributed by atoms with van der Waals surface area (Å²) >= 11 is 1.66. The summed E-state index contributed by atoms with van der Waals surface area (Å²) in [6.07, 6.45) is 5.09. The fourth-order valence-corrected chi connectivity index (χ4v) is 3.36. The lowest BCUT2D eigenvalue weighted by molar-refractivity contribution is -0.117. The third-order valence-electron chi connectivity index (χ3n) is 4.25. The van der Waals surface area contributed by atoms with Crippen LogP contribution in [-0.2, 0) is 4.79 Å². The molecule has 0 bridgehead atoms. The first-order valence-electron chi connectivity index (χ1n) is 8.29. The van der Waals surface area contributed by atoms with E-state index in [0.717, 1.165) is 35.7 Å². The zero-order chi connectivity index (χ0) is 17.6. The second kappa shape index (κ2) is 8.23. The number of nitrogens with zero attached hydrogens (tertiary/aromatic N) is 1. The molecule has 0 atom stereocenters. The standard InChI is InChI=1S/C20H22N2O2S/c1-25-19-4-2-3-17(13-19)21-20(24)14-22-11-9-16(10-12-22)15-5-7-18(23)8-6-15/h2-9,13,23H,10-12,14H2,1H3,(H,21,24). The third kappa shape index (κ3) is 4.87. The van der Waals surface area contributed by atoms with Gasteiger partial charge in [-0.3, -0.25) is 9.69 Å².